The Labute approximate surface area is 172 Å². The van der Waals surface area contributed by atoms with E-state index in [1.165, 1.54) is 0 Å². The third-order valence-electron chi connectivity index (χ3n) is 4.37. The number of carbonyl (C=O) groups is 2. The number of benzene rings is 2. The van der Waals surface area contributed by atoms with Gasteiger partial charge in [-0.1, -0.05) is 42.0 Å². The van der Waals surface area contributed by atoms with Crippen LogP contribution in [0.1, 0.15) is 27.0 Å². The van der Waals surface area contributed by atoms with Gasteiger partial charge in [0.1, 0.15) is 6.61 Å². The summed E-state index contributed by atoms with van der Waals surface area (Å²) in [6.07, 6.45) is -0.743. The predicted molar refractivity (Wildman–Crippen MR) is 118 cm³/mol. The summed E-state index contributed by atoms with van der Waals surface area (Å²) in [5.41, 5.74) is 4.62. The van der Waals surface area contributed by atoms with Crippen molar-refractivity contribution < 1.29 is 14.7 Å². The number of carbonyl (C=O) groups excluding carboxylic acids is 2. The zero-order chi connectivity index (χ0) is 20.8. The van der Waals surface area contributed by atoms with Gasteiger partial charge in [0.15, 0.2) is 5.78 Å². The number of rotatable bonds is 5. The zero-order valence-electron chi connectivity index (χ0n) is 15.8. The highest BCUT2D eigenvalue weighted by Gasteiger charge is 2.27. The number of aliphatic hydroxyl groups excluding tert-OH is 1. The van der Waals surface area contributed by atoms with E-state index in [1.807, 2.05) is 31.2 Å². The van der Waals surface area contributed by atoms with Crippen molar-refractivity contribution in [1.82, 2.24) is 0 Å². The van der Waals surface area contributed by atoms with Gasteiger partial charge >= 0.3 is 0 Å². The quantitative estimate of drug-likeness (QED) is 0.602. The molecule has 0 bridgehead atoms. The second-order valence-electron chi connectivity index (χ2n) is 6.72. The minimum Gasteiger partial charge on any atom is -0.388 e. The van der Waals surface area contributed by atoms with Crippen molar-refractivity contribution in [3.8, 4) is 0 Å². The molecule has 0 unspecified atom stereocenters. The topological polar surface area (TPSA) is 57.6 Å². The normalized spacial score (nSPS) is 12.1. The number of nitrogens with zero attached hydrogens (tertiary/aromatic N) is 1. The molecule has 0 fully saturated rings. The Kier molecular flexibility index (Phi) is 7.87. The van der Waals surface area contributed by atoms with Crippen molar-refractivity contribution in [2.24, 2.45) is 0 Å². The molecule has 0 spiro atoms. The molecule has 0 aromatic heterocycles. The van der Waals surface area contributed by atoms with Gasteiger partial charge in [-0.2, -0.15) is 0 Å². The molecule has 4 nitrogen and oxygen atoms in total. The Morgan fingerprint density at radius 1 is 1.07 bits per heavy atom. The summed E-state index contributed by atoms with van der Waals surface area (Å²) in [6.45, 7) is 2.02. The number of anilines is 1. The fraction of sp³-hybridized carbons (Fsp3) is 0.222. The van der Waals surface area contributed by atoms with E-state index >= 15 is 0 Å². The average molecular weight is 360 g/mol. The van der Waals surface area contributed by atoms with E-state index in [0.717, 1.165) is 22.4 Å². The maximum atomic E-state index is 12.2. The van der Waals surface area contributed by atoms with Crippen LogP contribution in [0.15, 0.2) is 42.5 Å². The van der Waals surface area contributed by atoms with E-state index in [4.69, 9.17) is 36.1 Å². The largest absolute Gasteiger partial charge is 0.388 e. The molecule has 3 rings (SSSR count). The monoisotopic (exact) mass is 361 g/mol. The summed E-state index contributed by atoms with van der Waals surface area (Å²) in [6, 6.07) is 13.1. The van der Waals surface area contributed by atoms with Crippen molar-refractivity contribution in [1.29, 1.82) is 0 Å². The second kappa shape index (κ2) is 9.92. The molecule has 1 N–H and O–H groups in total. The number of Topliss-reactive ketones (excluding diaryl/α,β-unsaturated/α-hetero) is 1. The third-order valence-corrected chi connectivity index (χ3v) is 4.37. The highest BCUT2D eigenvalue weighted by molar-refractivity contribution is 7.76. The van der Waals surface area contributed by atoms with Crippen LogP contribution in [0.3, 0.4) is 0 Å². The number of hydrogen-bond acceptors (Lipinski definition) is 3. The first kappa shape index (κ1) is 22.2. The highest BCUT2D eigenvalue weighted by Crippen LogP contribution is 2.30. The number of hydrogen-bond donors (Lipinski definition) is 1. The smallest absolute Gasteiger partial charge is 0.231 e. The van der Waals surface area contributed by atoms with Gasteiger partial charge in [-0.15, -0.1) is 0 Å². The lowest BCUT2D eigenvalue weighted by atomic mass is 8.81. The molecule has 2 aromatic rings. The summed E-state index contributed by atoms with van der Waals surface area (Å²) in [5, 5.41) is 8.85. The zero-order valence-corrected chi connectivity index (χ0v) is 15.8. The number of ketones is 1. The van der Waals surface area contributed by atoms with Gasteiger partial charge in [0.05, 0.1) is 13.0 Å². The molecule has 0 saturated carbocycles. The summed E-state index contributed by atoms with van der Waals surface area (Å²) >= 11 is 0. The van der Waals surface area contributed by atoms with Crippen LogP contribution >= 0.6 is 0 Å². The van der Waals surface area contributed by atoms with Gasteiger partial charge in [0.25, 0.3) is 0 Å². The molecule has 1 aliphatic heterocycles. The maximum absolute atomic E-state index is 12.2. The van der Waals surface area contributed by atoms with Crippen LogP contribution in [0.4, 0.5) is 5.69 Å². The summed E-state index contributed by atoms with van der Waals surface area (Å²) in [7, 11) is 19.9. The predicted octanol–water partition coefficient (Wildman–Crippen LogP) is -0.0255. The SMILES string of the molecule is Cc1ccc2c(c1)CC(=O)N2Cc1ccc(C(=O)CO)cc1.[B]B([B])B([B])[B]. The lowest BCUT2D eigenvalue weighted by molar-refractivity contribution is -0.117. The van der Waals surface area contributed by atoms with E-state index in [-0.39, 0.29) is 11.7 Å². The summed E-state index contributed by atoms with van der Waals surface area (Å²) < 4.78 is 0. The lowest BCUT2D eigenvalue weighted by Gasteiger charge is -2.18. The van der Waals surface area contributed by atoms with Crippen molar-refractivity contribution in [2.75, 3.05) is 11.5 Å². The molecule has 28 heavy (non-hydrogen) atoms. The van der Waals surface area contributed by atoms with Crippen LogP contribution in [-0.4, -0.2) is 67.1 Å². The molecule has 0 aliphatic carbocycles. The van der Waals surface area contributed by atoms with E-state index < -0.39 is 19.4 Å². The third kappa shape index (κ3) is 5.71. The van der Waals surface area contributed by atoms with Crippen molar-refractivity contribution in [3.63, 3.8) is 0 Å². The van der Waals surface area contributed by atoms with Gasteiger partial charge in [-0.05, 0) is 24.1 Å². The molecule has 1 amide bonds. The minimum absolute atomic E-state index is 0.0936. The Morgan fingerprint density at radius 2 is 1.68 bits per heavy atom. The van der Waals surface area contributed by atoms with Crippen LogP contribution in [-0.2, 0) is 17.8 Å². The maximum Gasteiger partial charge on any atom is 0.231 e. The standard InChI is InChI=1S/C18H17NO3.B6/c1-12-2-7-16-15(8-12)9-18(22)19(16)10-13-3-5-14(6-4-13)17(21)11-20;1-5(2)6(3)4/h2-8,20H,9-11H2,1H3;. The van der Waals surface area contributed by atoms with Gasteiger partial charge in [0.2, 0.25) is 5.91 Å². The van der Waals surface area contributed by atoms with Crippen LogP contribution in [0.25, 0.3) is 0 Å². The first-order valence-corrected chi connectivity index (χ1v) is 8.88. The number of fused-ring (bicyclic) bond motifs is 1. The van der Waals surface area contributed by atoms with Crippen LogP contribution < -0.4 is 4.90 Å². The van der Waals surface area contributed by atoms with Crippen LogP contribution in [0.2, 0.25) is 0 Å². The van der Waals surface area contributed by atoms with Crippen LogP contribution in [0.5, 0.6) is 0 Å². The molecule has 0 atom stereocenters. The lowest BCUT2D eigenvalue weighted by Crippen LogP contribution is -2.38. The molecule has 0 saturated heterocycles. The molecular formula is C18H17B6NO3. The average Bonchev–Trinajstić information content (AvgIpc) is 2.96. The van der Waals surface area contributed by atoms with E-state index in [1.54, 1.807) is 17.0 Å². The molecular weight excluding hydrogens is 343 g/mol. The van der Waals surface area contributed by atoms with Crippen LogP contribution in [0, 0.1) is 6.92 Å². The van der Waals surface area contributed by atoms with Crippen molar-refractivity contribution >= 4 is 61.1 Å². The number of aryl methyl sites for hydroxylation is 1. The molecule has 10 heteroatoms. The molecule has 130 valence electrons. The van der Waals surface area contributed by atoms with Gasteiger partial charge in [-0.25, -0.2) is 0 Å². The van der Waals surface area contributed by atoms with Gasteiger partial charge in [0, 0.05) is 55.0 Å². The second-order valence-corrected chi connectivity index (χ2v) is 6.72. The number of amides is 1. The summed E-state index contributed by atoms with van der Waals surface area (Å²) in [5.74, 6) is -0.208. The fourth-order valence-corrected chi connectivity index (χ4v) is 2.76. The van der Waals surface area contributed by atoms with E-state index in [2.05, 4.69) is 6.07 Å². The first-order chi connectivity index (χ1) is 13.2. The van der Waals surface area contributed by atoms with Crippen molar-refractivity contribution in [2.45, 2.75) is 19.9 Å². The molecule has 1 heterocycles. The Hall–Kier alpha value is -2.07. The van der Waals surface area contributed by atoms with E-state index in [9.17, 15) is 9.59 Å². The Balaban J connectivity index is 0.000000409. The molecule has 8 radical (unpaired) electrons. The molecule has 2 aromatic carbocycles. The Morgan fingerprint density at radius 3 is 2.21 bits per heavy atom. The van der Waals surface area contributed by atoms with E-state index in [0.29, 0.717) is 18.5 Å². The summed E-state index contributed by atoms with van der Waals surface area (Å²) in [4.78, 5) is 25.4. The van der Waals surface area contributed by atoms with Crippen molar-refractivity contribution in [3.05, 3.63) is 64.7 Å². The highest BCUT2D eigenvalue weighted by atomic mass is 16.3. The molecule has 1 aliphatic rings. The van der Waals surface area contributed by atoms with Gasteiger partial charge in [-0.3, -0.25) is 9.59 Å². The Bertz CT molecular complexity index is 836. The minimum atomic E-state index is -0.593. The first-order valence-electron chi connectivity index (χ1n) is 8.88. The number of aliphatic hydroxyl groups is 1. The fourth-order valence-electron chi connectivity index (χ4n) is 2.76. The van der Waals surface area contributed by atoms with Gasteiger partial charge < -0.3 is 10.0 Å².